The Labute approximate surface area is 365 Å². The van der Waals surface area contributed by atoms with Crippen LogP contribution in [0.15, 0.2) is 91.1 Å². The number of phenolic OH excluding ortho intramolecular Hbond substituents is 4. The van der Waals surface area contributed by atoms with Gasteiger partial charge in [0.05, 0.1) is 17.8 Å². The van der Waals surface area contributed by atoms with E-state index in [0.717, 1.165) is 12.1 Å². The summed E-state index contributed by atoms with van der Waals surface area (Å²) in [6, 6.07) is 13.1. The number of aromatic hydroxyl groups is 4. The van der Waals surface area contributed by atoms with Gasteiger partial charge in [-0.3, -0.25) is 0 Å². The van der Waals surface area contributed by atoms with Crippen LogP contribution < -0.4 is 0 Å². The Balaban J connectivity index is 0.000000240. The lowest BCUT2D eigenvalue weighted by atomic mass is 9.98. The van der Waals surface area contributed by atoms with Gasteiger partial charge in [0.2, 0.25) is 0 Å². The monoisotopic (exact) mass is 872 g/mol. The third kappa shape index (κ3) is 12.6. The van der Waals surface area contributed by atoms with Crippen molar-refractivity contribution in [1.29, 1.82) is 0 Å². The Bertz CT molecular complexity index is 2210. The first-order chi connectivity index (χ1) is 29.7. The molecule has 3 aliphatic heterocycles. The molecule has 5 unspecified atom stereocenters. The van der Waals surface area contributed by atoms with Crippen LogP contribution in [-0.2, 0) is 23.7 Å². The molecule has 10 atom stereocenters. The highest BCUT2D eigenvalue weighted by Crippen LogP contribution is 2.35. The van der Waals surface area contributed by atoms with E-state index in [1.807, 2.05) is 6.92 Å². The first-order valence-corrected chi connectivity index (χ1v) is 20.6. The van der Waals surface area contributed by atoms with E-state index in [1.165, 1.54) is 30.4 Å². The topological polar surface area (TPSA) is 239 Å². The van der Waals surface area contributed by atoms with Crippen molar-refractivity contribution < 1.29 is 73.8 Å². The molecule has 0 aromatic heterocycles. The Morgan fingerprint density at radius 3 is 1.73 bits per heavy atom. The van der Waals surface area contributed by atoms with E-state index in [9.17, 15) is 50.1 Å². The Kier molecular flexibility index (Phi) is 16.0. The molecular formula is C48H56O15. The van der Waals surface area contributed by atoms with Crippen molar-refractivity contribution in [2.45, 2.75) is 109 Å². The van der Waals surface area contributed by atoms with Crippen LogP contribution in [0.5, 0.6) is 23.0 Å². The zero-order valence-corrected chi connectivity index (χ0v) is 35.9. The molecule has 6 rings (SSSR count). The van der Waals surface area contributed by atoms with Crippen LogP contribution in [-0.4, -0.2) is 108 Å². The molecule has 3 aromatic rings. The van der Waals surface area contributed by atoms with Gasteiger partial charge in [-0.2, -0.15) is 0 Å². The second-order valence-electron chi connectivity index (χ2n) is 16.3. The fourth-order valence-electron chi connectivity index (χ4n) is 6.99. The molecule has 15 heteroatoms. The normalized spacial score (nSPS) is 30.7. The number of ether oxygens (including phenoxy) is 5. The summed E-state index contributed by atoms with van der Waals surface area (Å²) in [6.07, 6.45) is 6.15. The number of carbonyl (C=O) groups is 3. The summed E-state index contributed by atoms with van der Waals surface area (Å²) in [5.74, 6) is -4.75. The first-order valence-electron chi connectivity index (χ1n) is 20.6. The van der Waals surface area contributed by atoms with E-state index in [1.54, 1.807) is 95.3 Å². The molecule has 0 bridgehead atoms. The highest BCUT2D eigenvalue weighted by molar-refractivity contribution is 5.98. The number of rotatable bonds is 2. The number of benzene rings is 3. The SMILES string of the molecule is C[C@@H]1/C=C\C(O)C2OC(C)(C)O[C@H]2C/C=C/c2cc(O)cc(O)c2C(=O)O[C@H]1C.C[C@@H]1/C=C\C(OC(=O)c2ccccc2)C(O)C(O)C/C=C/c2cc(O)cc(O)c2C(=O)O[C@H]1C. The summed E-state index contributed by atoms with van der Waals surface area (Å²) in [4.78, 5) is 38.0. The molecule has 338 valence electrons. The number of carbonyl (C=O) groups excluding carboxylic acids is 3. The number of cyclic esters (lactones) is 2. The summed E-state index contributed by atoms with van der Waals surface area (Å²) in [5.41, 5.74) is 0.667. The number of fused-ring (bicyclic) bond motifs is 3. The maximum absolute atomic E-state index is 12.8. The van der Waals surface area contributed by atoms with Crippen molar-refractivity contribution >= 4 is 30.1 Å². The predicted molar refractivity (Wildman–Crippen MR) is 231 cm³/mol. The van der Waals surface area contributed by atoms with Gasteiger partial charge in [0, 0.05) is 24.0 Å². The van der Waals surface area contributed by atoms with Gasteiger partial charge in [0.1, 0.15) is 70.7 Å². The molecular weight excluding hydrogens is 817 g/mol. The van der Waals surface area contributed by atoms with Crippen molar-refractivity contribution in [2.75, 3.05) is 0 Å². The van der Waals surface area contributed by atoms with Gasteiger partial charge in [0.15, 0.2) is 5.79 Å². The molecule has 15 nitrogen and oxygen atoms in total. The predicted octanol–water partition coefficient (Wildman–Crippen LogP) is 6.33. The number of hydrogen-bond acceptors (Lipinski definition) is 15. The molecule has 3 aliphatic rings. The quantitative estimate of drug-likeness (QED) is 0.0846. The lowest BCUT2D eigenvalue weighted by molar-refractivity contribution is -0.152. The average molecular weight is 873 g/mol. The van der Waals surface area contributed by atoms with Crippen LogP contribution in [0.25, 0.3) is 12.2 Å². The molecule has 0 saturated carbocycles. The molecule has 3 aromatic carbocycles. The smallest absolute Gasteiger partial charge is 0.342 e. The van der Waals surface area contributed by atoms with Crippen LogP contribution in [0.3, 0.4) is 0 Å². The minimum absolute atomic E-state index is 0.0142. The van der Waals surface area contributed by atoms with E-state index in [0.29, 0.717) is 17.5 Å². The van der Waals surface area contributed by atoms with Crippen LogP contribution in [0.1, 0.15) is 96.6 Å². The summed E-state index contributed by atoms with van der Waals surface area (Å²) < 4.78 is 28.3. The summed E-state index contributed by atoms with van der Waals surface area (Å²) in [6.45, 7) is 10.6. The van der Waals surface area contributed by atoms with E-state index in [2.05, 4.69) is 0 Å². The average Bonchev–Trinajstić information content (AvgIpc) is 3.53. The Morgan fingerprint density at radius 2 is 1.19 bits per heavy atom. The molecule has 0 spiro atoms. The third-order valence-electron chi connectivity index (χ3n) is 10.8. The van der Waals surface area contributed by atoms with E-state index >= 15 is 0 Å². The number of aliphatic hydroxyl groups is 3. The maximum Gasteiger partial charge on any atom is 0.342 e. The van der Waals surface area contributed by atoms with Gasteiger partial charge < -0.3 is 59.4 Å². The minimum atomic E-state index is -1.45. The molecule has 1 saturated heterocycles. The van der Waals surface area contributed by atoms with Crippen LogP contribution in [0.2, 0.25) is 0 Å². The van der Waals surface area contributed by atoms with Gasteiger partial charge >= 0.3 is 17.9 Å². The highest BCUT2D eigenvalue weighted by atomic mass is 16.8. The van der Waals surface area contributed by atoms with E-state index in [-0.39, 0.29) is 52.2 Å². The van der Waals surface area contributed by atoms with Gasteiger partial charge in [-0.1, -0.05) is 74.6 Å². The number of hydrogen-bond donors (Lipinski definition) is 7. The van der Waals surface area contributed by atoms with E-state index < -0.39 is 78.3 Å². The summed E-state index contributed by atoms with van der Waals surface area (Å²) in [5, 5.41) is 72.0. The van der Waals surface area contributed by atoms with Crippen molar-refractivity contribution in [3.05, 3.63) is 119 Å². The Hall–Kier alpha value is -5.97. The van der Waals surface area contributed by atoms with Crippen LogP contribution in [0, 0.1) is 11.8 Å². The molecule has 0 aliphatic carbocycles. The van der Waals surface area contributed by atoms with Gasteiger partial charge in [-0.25, -0.2) is 14.4 Å². The maximum atomic E-state index is 12.8. The van der Waals surface area contributed by atoms with Crippen molar-refractivity contribution in [1.82, 2.24) is 0 Å². The van der Waals surface area contributed by atoms with E-state index in [4.69, 9.17) is 23.7 Å². The van der Waals surface area contributed by atoms with Crippen LogP contribution >= 0.6 is 0 Å². The van der Waals surface area contributed by atoms with Crippen LogP contribution in [0.4, 0.5) is 0 Å². The van der Waals surface area contributed by atoms with Crippen molar-refractivity contribution in [2.24, 2.45) is 11.8 Å². The molecule has 0 radical (unpaired) electrons. The summed E-state index contributed by atoms with van der Waals surface area (Å²) >= 11 is 0. The zero-order chi connectivity index (χ0) is 46.2. The largest absolute Gasteiger partial charge is 0.508 e. The Morgan fingerprint density at radius 1 is 0.683 bits per heavy atom. The zero-order valence-electron chi connectivity index (χ0n) is 35.9. The fourth-order valence-corrected chi connectivity index (χ4v) is 6.99. The minimum Gasteiger partial charge on any atom is -0.508 e. The van der Waals surface area contributed by atoms with Crippen molar-refractivity contribution in [3.8, 4) is 23.0 Å². The molecule has 63 heavy (non-hydrogen) atoms. The number of aliphatic hydroxyl groups excluding tert-OH is 3. The summed E-state index contributed by atoms with van der Waals surface area (Å²) in [7, 11) is 0. The lowest BCUT2D eigenvalue weighted by Crippen LogP contribution is -2.39. The lowest BCUT2D eigenvalue weighted by Gasteiger charge is -2.25. The van der Waals surface area contributed by atoms with Gasteiger partial charge in [0.25, 0.3) is 0 Å². The second kappa shape index (κ2) is 20.9. The highest BCUT2D eigenvalue weighted by Gasteiger charge is 2.43. The second-order valence-corrected chi connectivity index (χ2v) is 16.3. The van der Waals surface area contributed by atoms with Crippen molar-refractivity contribution in [3.63, 3.8) is 0 Å². The number of phenols is 4. The molecule has 1 fully saturated rings. The van der Waals surface area contributed by atoms with Gasteiger partial charge in [-0.05, 0) is 82.0 Å². The standard InChI is InChI=1S/C26H28O8.C22H28O7/c1-15-11-12-22(34-25(31)17-7-4-3-5-8-17)24(30)20(28)10-6-9-18-13-19(27)14-21(29)23(18)26(32)33-16(15)2;1-12-8-9-16(24)20-18(28-22(3,4)29-20)7-5-6-14-10-15(23)11-17(25)19(14)21(26)27-13(12)2/h3-9,11-16,20,22,24,27-30H,10H2,1-2H3;5-6,8-13,16,18,20,23-25H,7H2,1-4H3/b9-6+,12-11-;6-5+,9-8-/t15-,16+,20?,22?,24?;12-,13+,16?,18+,20?/m11/s1. The molecule has 3 heterocycles. The number of esters is 3. The first kappa shape index (κ1) is 48.1. The third-order valence-corrected chi connectivity index (χ3v) is 10.8. The molecule has 0 amide bonds. The molecule has 7 N–H and O–H groups in total. The fraction of sp³-hybridized carbons (Fsp3) is 0.396. The van der Waals surface area contributed by atoms with Gasteiger partial charge in [-0.15, -0.1) is 0 Å².